The fourth-order valence-electron chi connectivity index (χ4n) is 5.75. The van der Waals surface area contributed by atoms with Gasteiger partial charge in [-0.25, -0.2) is 0 Å². The van der Waals surface area contributed by atoms with Crippen molar-refractivity contribution < 1.29 is 23.9 Å². The molecule has 1 aliphatic carbocycles. The Morgan fingerprint density at radius 3 is 2.55 bits per heavy atom. The van der Waals surface area contributed by atoms with E-state index in [1.165, 1.54) is 0 Å². The summed E-state index contributed by atoms with van der Waals surface area (Å²) in [4.78, 5) is 55.6. The number of hydrogen-bond donors (Lipinski definition) is 1. The molecule has 1 saturated carbocycles. The molecule has 1 N–H and O–H groups in total. The summed E-state index contributed by atoms with van der Waals surface area (Å²) in [7, 11) is 2.05. The molecule has 4 amide bonds. The number of amides is 4. The van der Waals surface area contributed by atoms with Crippen molar-refractivity contribution in [2.45, 2.75) is 63.3 Å². The maximum atomic E-state index is 13.2. The van der Waals surface area contributed by atoms with Crippen LogP contribution in [0.2, 0.25) is 0 Å². The van der Waals surface area contributed by atoms with E-state index in [0.29, 0.717) is 29.3 Å². The normalized spacial score (nSPS) is 28.2. The maximum absolute atomic E-state index is 13.2. The number of ether oxygens (including phenoxy) is 1. The van der Waals surface area contributed by atoms with Crippen molar-refractivity contribution in [1.29, 1.82) is 0 Å². The van der Waals surface area contributed by atoms with Crippen molar-refractivity contribution in [3.63, 3.8) is 0 Å². The second kappa shape index (κ2) is 8.53. The van der Waals surface area contributed by atoms with Crippen LogP contribution in [0, 0.1) is 0 Å². The summed E-state index contributed by atoms with van der Waals surface area (Å²) in [6.07, 6.45) is 3.96. The zero-order valence-corrected chi connectivity index (χ0v) is 19.1. The summed E-state index contributed by atoms with van der Waals surface area (Å²) in [6, 6.07) is 5.16. The van der Waals surface area contributed by atoms with Crippen LogP contribution in [-0.4, -0.2) is 84.4 Å². The van der Waals surface area contributed by atoms with Crippen LogP contribution in [-0.2, 0) is 14.3 Å². The summed E-state index contributed by atoms with van der Waals surface area (Å²) >= 11 is 0. The standard InChI is InChI=1S/C24H30N4O5/c1-3-33-15-12-27(13-15)19-6-4-5-18(19)26(2)14-7-8-16-17(11-14)24(32)28(23(16)31)20-9-10-21(29)25-22(20)30/h7-8,11,15,18-20H,3-6,9-10,12-13H2,1-2H3,(H,25,29,30)/t18-,19-,20?/m0/s1. The number of carbonyl (C=O) groups excluding carboxylic acids is 4. The average molecular weight is 455 g/mol. The number of rotatable bonds is 6. The first-order chi connectivity index (χ1) is 15.9. The molecule has 3 atom stereocenters. The molecule has 0 aromatic heterocycles. The molecule has 9 nitrogen and oxygen atoms in total. The molecular weight excluding hydrogens is 424 g/mol. The molecule has 3 fully saturated rings. The number of benzene rings is 1. The number of fused-ring (bicyclic) bond motifs is 1. The second-order valence-corrected chi connectivity index (χ2v) is 9.38. The zero-order chi connectivity index (χ0) is 23.3. The molecule has 1 aromatic carbocycles. The quantitative estimate of drug-likeness (QED) is 0.644. The number of imide groups is 2. The lowest BCUT2D eigenvalue weighted by Crippen LogP contribution is -2.60. The van der Waals surface area contributed by atoms with Crippen LogP contribution in [0.1, 0.15) is 59.7 Å². The number of nitrogens with one attached hydrogen (secondary N) is 1. The highest BCUT2D eigenvalue weighted by Gasteiger charge is 2.45. The molecule has 0 radical (unpaired) electrons. The van der Waals surface area contributed by atoms with Gasteiger partial charge < -0.3 is 9.64 Å². The molecule has 2 saturated heterocycles. The number of likely N-dealkylation sites (tertiary alicyclic amines) is 1. The van der Waals surface area contributed by atoms with Crippen LogP contribution in [0.3, 0.4) is 0 Å². The minimum Gasteiger partial charge on any atom is -0.376 e. The maximum Gasteiger partial charge on any atom is 0.262 e. The first-order valence-electron chi connectivity index (χ1n) is 11.8. The Bertz CT molecular complexity index is 1000. The lowest BCUT2D eigenvalue weighted by atomic mass is 10.0. The third-order valence-corrected chi connectivity index (χ3v) is 7.52. The Kier molecular flexibility index (Phi) is 5.70. The number of likely N-dealkylation sites (N-methyl/N-ethyl adjacent to an activating group) is 1. The third-order valence-electron chi connectivity index (χ3n) is 7.52. The van der Waals surface area contributed by atoms with Crippen molar-refractivity contribution in [1.82, 2.24) is 15.1 Å². The van der Waals surface area contributed by atoms with Gasteiger partial charge in [0.2, 0.25) is 11.8 Å². The highest BCUT2D eigenvalue weighted by atomic mass is 16.5. The van der Waals surface area contributed by atoms with E-state index in [2.05, 4.69) is 15.1 Å². The smallest absolute Gasteiger partial charge is 0.262 e. The highest BCUT2D eigenvalue weighted by Crippen LogP contribution is 2.36. The van der Waals surface area contributed by atoms with Gasteiger partial charge in [0.1, 0.15) is 6.04 Å². The molecule has 33 heavy (non-hydrogen) atoms. The molecule has 0 spiro atoms. The van der Waals surface area contributed by atoms with Gasteiger partial charge in [0.25, 0.3) is 11.8 Å². The number of nitrogens with zero attached hydrogens (tertiary/aromatic N) is 3. The topological polar surface area (TPSA) is 99.3 Å². The van der Waals surface area contributed by atoms with Crippen molar-refractivity contribution in [3.8, 4) is 0 Å². The average Bonchev–Trinajstić information content (AvgIpc) is 3.34. The highest BCUT2D eigenvalue weighted by molar-refractivity contribution is 6.23. The largest absolute Gasteiger partial charge is 0.376 e. The first kappa shape index (κ1) is 22.0. The molecule has 4 aliphatic rings. The van der Waals surface area contributed by atoms with Crippen LogP contribution in [0.5, 0.6) is 0 Å². The second-order valence-electron chi connectivity index (χ2n) is 9.38. The van der Waals surface area contributed by atoms with E-state index in [1.54, 1.807) is 12.1 Å². The lowest BCUT2D eigenvalue weighted by molar-refractivity contribution is -0.136. The van der Waals surface area contributed by atoms with Gasteiger partial charge in [0, 0.05) is 50.9 Å². The van der Waals surface area contributed by atoms with Crippen molar-refractivity contribution in [3.05, 3.63) is 29.3 Å². The molecule has 9 heteroatoms. The summed E-state index contributed by atoms with van der Waals surface area (Å²) in [5, 5.41) is 2.23. The van der Waals surface area contributed by atoms with Crippen molar-refractivity contribution in [2.75, 3.05) is 31.6 Å². The SMILES string of the molecule is CCOC1CN([C@H]2CCC[C@@H]2N(C)c2ccc3c(c2)C(=O)N(C2CCC(=O)NC2=O)C3=O)C1. The van der Waals surface area contributed by atoms with Crippen LogP contribution in [0.25, 0.3) is 0 Å². The van der Waals surface area contributed by atoms with Gasteiger partial charge >= 0.3 is 0 Å². The van der Waals surface area contributed by atoms with Gasteiger partial charge in [-0.3, -0.25) is 34.3 Å². The molecule has 5 rings (SSSR count). The van der Waals surface area contributed by atoms with E-state index in [0.717, 1.165) is 49.5 Å². The number of anilines is 1. The van der Waals surface area contributed by atoms with Gasteiger partial charge in [-0.15, -0.1) is 0 Å². The molecule has 3 aliphatic heterocycles. The fourth-order valence-corrected chi connectivity index (χ4v) is 5.75. The predicted molar refractivity (Wildman–Crippen MR) is 120 cm³/mol. The van der Waals surface area contributed by atoms with E-state index in [9.17, 15) is 19.2 Å². The molecule has 3 heterocycles. The van der Waals surface area contributed by atoms with E-state index in [1.807, 2.05) is 20.0 Å². The van der Waals surface area contributed by atoms with Gasteiger partial charge in [-0.2, -0.15) is 0 Å². The summed E-state index contributed by atoms with van der Waals surface area (Å²) in [6.45, 7) is 4.68. The molecular formula is C24H30N4O5. The summed E-state index contributed by atoms with van der Waals surface area (Å²) < 4.78 is 5.72. The minimum absolute atomic E-state index is 0.113. The van der Waals surface area contributed by atoms with E-state index < -0.39 is 23.8 Å². The van der Waals surface area contributed by atoms with Gasteiger partial charge in [0.15, 0.2) is 0 Å². The molecule has 176 valence electrons. The van der Waals surface area contributed by atoms with E-state index >= 15 is 0 Å². The zero-order valence-electron chi connectivity index (χ0n) is 19.1. The van der Waals surface area contributed by atoms with Crippen molar-refractivity contribution >= 4 is 29.3 Å². The number of piperidine rings is 1. The number of hydrogen-bond acceptors (Lipinski definition) is 7. The molecule has 0 bridgehead atoms. The molecule has 1 aromatic rings. The van der Waals surface area contributed by atoms with Gasteiger partial charge in [-0.05, 0) is 50.8 Å². The monoisotopic (exact) mass is 454 g/mol. The fraction of sp³-hybridized carbons (Fsp3) is 0.583. The van der Waals surface area contributed by atoms with Crippen molar-refractivity contribution in [2.24, 2.45) is 0 Å². The van der Waals surface area contributed by atoms with Crippen LogP contribution >= 0.6 is 0 Å². The Hall–Kier alpha value is -2.78. The Morgan fingerprint density at radius 2 is 1.82 bits per heavy atom. The van der Waals surface area contributed by atoms with Crippen LogP contribution in [0.4, 0.5) is 5.69 Å². The predicted octanol–water partition coefficient (Wildman–Crippen LogP) is 1.17. The third kappa shape index (κ3) is 3.73. The Labute approximate surface area is 193 Å². The van der Waals surface area contributed by atoms with Gasteiger partial charge in [0.05, 0.1) is 17.2 Å². The summed E-state index contributed by atoms with van der Waals surface area (Å²) in [5.74, 6) is -1.91. The minimum atomic E-state index is -0.944. The molecule has 1 unspecified atom stereocenters. The van der Waals surface area contributed by atoms with Crippen LogP contribution in [0.15, 0.2) is 18.2 Å². The van der Waals surface area contributed by atoms with Gasteiger partial charge in [-0.1, -0.05) is 0 Å². The Morgan fingerprint density at radius 1 is 1.06 bits per heavy atom. The summed E-state index contributed by atoms with van der Waals surface area (Å²) in [5.41, 5.74) is 1.52. The Balaban J connectivity index is 1.33. The van der Waals surface area contributed by atoms with E-state index in [4.69, 9.17) is 4.74 Å². The van der Waals surface area contributed by atoms with E-state index in [-0.39, 0.29) is 18.7 Å². The van der Waals surface area contributed by atoms with Crippen LogP contribution < -0.4 is 10.2 Å². The lowest BCUT2D eigenvalue weighted by Gasteiger charge is -2.46. The number of carbonyl (C=O) groups is 4. The first-order valence-corrected chi connectivity index (χ1v) is 11.8.